The van der Waals surface area contributed by atoms with E-state index < -0.39 is 5.82 Å². The summed E-state index contributed by atoms with van der Waals surface area (Å²) < 4.78 is 29.7. The van der Waals surface area contributed by atoms with Gasteiger partial charge in [0.15, 0.2) is 11.5 Å². The number of hydrogen-bond donors (Lipinski definition) is 3. The zero-order valence-corrected chi connectivity index (χ0v) is 21.9. The van der Waals surface area contributed by atoms with Crippen LogP contribution in [0, 0.1) is 17.6 Å². The molecule has 1 aliphatic carbocycles. The van der Waals surface area contributed by atoms with Crippen LogP contribution in [-0.2, 0) is 4.79 Å². The molecule has 0 bridgehead atoms. The number of aromatic amines is 2. The van der Waals surface area contributed by atoms with Gasteiger partial charge in [0.1, 0.15) is 22.8 Å². The van der Waals surface area contributed by atoms with E-state index >= 15 is 4.39 Å². The fraction of sp³-hybridized carbons (Fsp3) is 0.194. The number of hydrogen-bond acceptors (Lipinski definition) is 5. The largest absolute Gasteiger partial charge is 0.324 e. The van der Waals surface area contributed by atoms with Crippen molar-refractivity contribution in [2.75, 3.05) is 5.32 Å². The summed E-state index contributed by atoms with van der Waals surface area (Å²) in [6, 6.07) is 13.1. The van der Waals surface area contributed by atoms with Crippen LogP contribution in [0.4, 0.5) is 14.5 Å². The Hall–Kier alpha value is -4.99. The third kappa shape index (κ3) is 4.61. The van der Waals surface area contributed by atoms with Gasteiger partial charge in [-0.15, -0.1) is 0 Å². The number of nitrogens with one attached hydrogen (secondary N) is 3. The van der Waals surface area contributed by atoms with E-state index in [0.29, 0.717) is 45.0 Å². The van der Waals surface area contributed by atoms with Gasteiger partial charge in [-0.05, 0) is 54.8 Å². The highest BCUT2D eigenvalue weighted by molar-refractivity contribution is 5.98. The zero-order chi connectivity index (χ0) is 27.9. The van der Waals surface area contributed by atoms with Gasteiger partial charge in [-0.25, -0.2) is 18.7 Å². The van der Waals surface area contributed by atoms with Crippen LogP contribution in [-0.4, -0.2) is 36.0 Å². The average molecular weight is 550 g/mol. The number of benzene rings is 2. The van der Waals surface area contributed by atoms with E-state index in [1.165, 1.54) is 18.6 Å². The van der Waals surface area contributed by atoms with Gasteiger partial charge in [0.25, 0.3) is 0 Å². The third-order valence-electron chi connectivity index (χ3n) is 7.72. The monoisotopic (exact) mass is 549 g/mol. The number of pyridine rings is 2. The molecule has 0 radical (unpaired) electrons. The molecule has 41 heavy (non-hydrogen) atoms. The number of amides is 1. The van der Waals surface area contributed by atoms with E-state index in [-0.39, 0.29) is 23.0 Å². The second kappa shape index (κ2) is 10.2. The minimum absolute atomic E-state index is 0.00384. The summed E-state index contributed by atoms with van der Waals surface area (Å²) in [6.07, 6.45) is 9.83. The standard InChI is InChI=1S/C31H25F2N7O/c32-20-8-6-17(7-9-20)23-12-13-35-29-27(23)37-30(38-29)28-25-24(39-40-28)11-10-22(26(25)33)19-14-21(16-34-15-19)36-31(41)18-4-2-1-3-5-18/h6-16,18H,1-5H2,(H,36,41)(H,39,40)(H,35,37,38). The van der Waals surface area contributed by atoms with Gasteiger partial charge in [-0.3, -0.25) is 14.9 Å². The van der Waals surface area contributed by atoms with Crippen LogP contribution in [0.2, 0.25) is 0 Å². The normalized spacial score (nSPS) is 14.1. The molecule has 7 rings (SSSR count). The molecule has 10 heteroatoms. The van der Waals surface area contributed by atoms with E-state index in [0.717, 1.165) is 36.8 Å². The van der Waals surface area contributed by atoms with Crippen molar-refractivity contribution in [1.82, 2.24) is 30.1 Å². The maximum Gasteiger partial charge on any atom is 0.227 e. The molecule has 2 aromatic carbocycles. The summed E-state index contributed by atoms with van der Waals surface area (Å²) in [6.45, 7) is 0. The number of halogens is 2. The zero-order valence-electron chi connectivity index (χ0n) is 21.9. The molecule has 8 nitrogen and oxygen atoms in total. The molecule has 1 saturated carbocycles. The molecule has 0 spiro atoms. The molecule has 0 saturated heterocycles. The summed E-state index contributed by atoms with van der Waals surface area (Å²) in [4.78, 5) is 29.3. The highest BCUT2D eigenvalue weighted by atomic mass is 19.1. The van der Waals surface area contributed by atoms with Crippen LogP contribution in [0.3, 0.4) is 0 Å². The van der Waals surface area contributed by atoms with Crippen molar-refractivity contribution in [3.63, 3.8) is 0 Å². The van der Waals surface area contributed by atoms with E-state index in [9.17, 15) is 9.18 Å². The molecule has 1 aliphatic rings. The fourth-order valence-electron chi connectivity index (χ4n) is 5.62. The molecule has 0 unspecified atom stereocenters. The maximum absolute atomic E-state index is 16.2. The predicted molar refractivity (Wildman–Crippen MR) is 153 cm³/mol. The topological polar surface area (TPSA) is 112 Å². The van der Waals surface area contributed by atoms with Crippen molar-refractivity contribution < 1.29 is 13.6 Å². The molecule has 4 aromatic heterocycles. The summed E-state index contributed by atoms with van der Waals surface area (Å²) >= 11 is 0. The van der Waals surface area contributed by atoms with Crippen molar-refractivity contribution in [2.45, 2.75) is 32.1 Å². The summed E-state index contributed by atoms with van der Waals surface area (Å²) in [7, 11) is 0. The first-order valence-corrected chi connectivity index (χ1v) is 13.6. The Morgan fingerprint density at radius 3 is 2.59 bits per heavy atom. The minimum atomic E-state index is -0.490. The minimum Gasteiger partial charge on any atom is -0.324 e. The lowest BCUT2D eigenvalue weighted by Crippen LogP contribution is -2.24. The van der Waals surface area contributed by atoms with Gasteiger partial charge < -0.3 is 10.3 Å². The molecule has 1 fully saturated rings. The second-order valence-electron chi connectivity index (χ2n) is 10.4. The smallest absolute Gasteiger partial charge is 0.227 e. The van der Waals surface area contributed by atoms with E-state index in [1.807, 2.05) is 0 Å². The molecule has 3 N–H and O–H groups in total. The summed E-state index contributed by atoms with van der Waals surface area (Å²) in [5, 5.41) is 10.5. The number of fused-ring (bicyclic) bond motifs is 2. The Kier molecular flexibility index (Phi) is 6.22. The molecule has 0 aliphatic heterocycles. The van der Waals surface area contributed by atoms with Gasteiger partial charge in [-0.1, -0.05) is 31.4 Å². The number of aromatic nitrogens is 6. The van der Waals surface area contributed by atoms with Gasteiger partial charge in [0.2, 0.25) is 5.91 Å². The van der Waals surface area contributed by atoms with Crippen molar-refractivity contribution in [3.8, 4) is 33.8 Å². The molecular weight excluding hydrogens is 524 g/mol. The molecule has 204 valence electrons. The lowest BCUT2D eigenvalue weighted by Gasteiger charge is -2.20. The number of imidazole rings is 1. The average Bonchev–Trinajstić information content (AvgIpc) is 3.63. The van der Waals surface area contributed by atoms with Crippen LogP contribution >= 0.6 is 0 Å². The lowest BCUT2D eigenvalue weighted by atomic mass is 9.88. The van der Waals surface area contributed by atoms with Gasteiger partial charge in [0.05, 0.1) is 22.8 Å². The Morgan fingerprint density at radius 1 is 0.927 bits per heavy atom. The van der Waals surface area contributed by atoms with Crippen LogP contribution in [0.25, 0.3) is 55.8 Å². The van der Waals surface area contributed by atoms with Crippen molar-refractivity contribution in [2.24, 2.45) is 5.92 Å². The van der Waals surface area contributed by atoms with Gasteiger partial charge >= 0.3 is 0 Å². The SMILES string of the molecule is O=C(Nc1cncc(-c2ccc3[nH]nc(-c4nc5c(-c6ccc(F)cc6)ccnc5[nH]4)c3c2F)c1)C1CCCCC1. The number of rotatable bonds is 5. The van der Waals surface area contributed by atoms with Gasteiger partial charge in [-0.2, -0.15) is 5.10 Å². The van der Waals surface area contributed by atoms with E-state index in [1.54, 1.807) is 55.0 Å². The number of anilines is 1. The summed E-state index contributed by atoms with van der Waals surface area (Å²) in [5.74, 6) is -0.499. The van der Waals surface area contributed by atoms with E-state index in [2.05, 4.69) is 30.5 Å². The molecular formula is C31H25F2N7O. The Morgan fingerprint density at radius 2 is 1.76 bits per heavy atom. The van der Waals surface area contributed by atoms with Crippen LogP contribution in [0.5, 0.6) is 0 Å². The Bertz CT molecular complexity index is 1910. The van der Waals surface area contributed by atoms with Crippen LogP contribution in [0.15, 0.2) is 67.1 Å². The van der Waals surface area contributed by atoms with E-state index in [4.69, 9.17) is 4.98 Å². The first kappa shape index (κ1) is 25.0. The second-order valence-corrected chi connectivity index (χ2v) is 10.4. The highest BCUT2D eigenvalue weighted by Gasteiger charge is 2.23. The van der Waals surface area contributed by atoms with Crippen LogP contribution in [0.1, 0.15) is 32.1 Å². The summed E-state index contributed by atoms with van der Waals surface area (Å²) in [5.41, 5.74) is 4.79. The molecule has 1 amide bonds. The first-order valence-electron chi connectivity index (χ1n) is 13.6. The maximum atomic E-state index is 16.2. The molecule has 6 aromatic rings. The molecule has 4 heterocycles. The highest BCUT2D eigenvalue weighted by Crippen LogP contribution is 2.35. The first-order chi connectivity index (χ1) is 20.0. The van der Waals surface area contributed by atoms with Crippen molar-refractivity contribution >= 4 is 33.7 Å². The van der Waals surface area contributed by atoms with Crippen molar-refractivity contribution in [3.05, 3.63) is 78.8 Å². The number of nitrogens with zero attached hydrogens (tertiary/aromatic N) is 4. The Labute approximate surface area is 233 Å². The predicted octanol–water partition coefficient (Wildman–Crippen LogP) is 7.03. The third-order valence-corrected chi connectivity index (χ3v) is 7.72. The fourth-order valence-corrected chi connectivity index (χ4v) is 5.62. The van der Waals surface area contributed by atoms with Crippen molar-refractivity contribution in [1.29, 1.82) is 0 Å². The van der Waals surface area contributed by atoms with Gasteiger partial charge in [0, 0.05) is 35.0 Å². The molecule has 0 atom stereocenters. The lowest BCUT2D eigenvalue weighted by molar-refractivity contribution is -0.120. The number of carbonyl (C=O) groups excluding carboxylic acids is 1. The number of carbonyl (C=O) groups is 1. The Balaban J connectivity index is 1.26. The number of H-pyrrole nitrogens is 2. The quantitative estimate of drug-likeness (QED) is 0.214. The van der Waals surface area contributed by atoms with Crippen LogP contribution < -0.4 is 5.32 Å².